The van der Waals surface area contributed by atoms with Crippen LogP contribution in [0.3, 0.4) is 0 Å². The lowest BCUT2D eigenvalue weighted by atomic mass is 10.2. The summed E-state index contributed by atoms with van der Waals surface area (Å²) in [6.07, 6.45) is 1.30. The number of aliphatic hydroxyl groups is 1. The fourth-order valence-corrected chi connectivity index (χ4v) is 2.14. The lowest BCUT2D eigenvalue weighted by molar-refractivity contribution is 0.268. The molecular weight excluding hydrogens is 214 g/mol. The van der Waals surface area contributed by atoms with Crippen molar-refractivity contribution in [1.29, 1.82) is 0 Å². The molecule has 0 saturated heterocycles. The third-order valence-corrected chi connectivity index (χ3v) is 4.01. The predicted molar refractivity (Wildman–Crippen MR) is 62.9 cm³/mol. The van der Waals surface area contributed by atoms with Crippen LogP contribution in [-0.2, 0) is 9.84 Å². The number of hydrogen-bond acceptors (Lipinski definition) is 4. The summed E-state index contributed by atoms with van der Waals surface area (Å²) in [4.78, 5) is 4.33. The molecule has 4 nitrogen and oxygen atoms in total. The van der Waals surface area contributed by atoms with Gasteiger partial charge in [0, 0.05) is 5.71 Å². The van der Waals surface area contributed by atoms with Crippen molar-refractivity contribution in [3.05, 3.63) is 0 Å². The van der Waals surface area contributed by atoms with Gasteiger partial charge in [-0.2, -0.15) is 0 Å². The van der Waals surface area contributed by atoms with Crippen molar-refractivity contribution in [3.63, 3.8) is 0 Å². The summed E-state index contributed by atoms with van der Waals surface area (Å²) in [7, 11) is -3.35. The van der Waals surface area contributed by atoms with Crippen LogP contribution < -0.4 is 0 Å². The lowest BCUT2D eigenvalue weighted by Gasteiger charge is -2.12. The molecule has 2 unspecified atom stereocenters. The summed E-state index contributed by atoms with van der Waals surface area (Å²) in [6.45, 7) is 7.05. The smallest absolute Gasteiger partial charge is 0.176 e. The van der Waals surface area contributed by atoms with Gasteiger partial charge in [-0.1, -0.05) is 6.92 Å². The summed E-state index contributed by atoms with van der Waals surface area (Å²) in [5.74, 6) is -0.0000463. The Morgan fingerprint density at radius 2 is 1.93 bits per heavy atom. The van der Waals surface area contributed by atoms with Crippen LogP contribution in [0.25, 0.3) is 0 Å². The molecule has 1 N–H and O–H groups in total. The van der Waals surface area contributed by atoms with E-state index in [0.29, 0.717) is 6.42 Å². The van der Waals surface area contributed by atoms with Gasteiger partial charge in [0.05, 0.1) is 11.8 Å². The van der Waals surface area contributed by atoms with Crippen LogP contribution in [0, 0.1) is 0 Å². The quantitative estimate of drug-likeness (QED) is 0.707. The standard InChI is InChI=1S/C10H21NO3S/c1-5-10(11-8(2)3)6-7-15(13,14)9(4)12/h9-10,12H,5-7H2,1-4H3. The van der Waals surface area contributed by atoms with Crippen molar-refractivity contribution >= 4 is 15.5 Å². The summed E-state index contributed by atoms with van der Waals surface area (Å²) >= 11 is 0. The molecule has 0 aromatic carbocycles. The van der Waals surface area contributed by atoms with E-state index in [1.165, 1.54) is 6.92 Å². The maximum atomic E-state index is 11.3. The molecule has 0 aliphatic carbocycles. The van der Waals surface area contributed by atoms with Crippen LogP contribution >= 0.6 is 0 Å². The summed E-state index contributed by atoms with van der Waals surface area (Å²) in [5, 5.41) is 9.02. The summed E-state index contributed by atoms with van der Waals surface area (Å²) < 4.78 is 22.7. The van der Waals surface area contributed by atoms with Gasteiger partial charge in [-0.25, -0.2) is 8.42 Å². The maximum Gasteiger partial charge on any atom is 0.176 e. The zero-order valence-electron chi connectivity index (χ0n) is 9.90. The number of hydrogen-bond donors (Lipinski definition) is 1. The minimum atomic E-state index is -3.35. The minimum Gasteiger partial charge on any atom is -0.377 e. The van der Waals surface area contributed by atoms with E-state index in [0.717, 1.165) is 12.1 Å². The highest BCUT2D eigenvalue weighted by Gasteiger charge is 2.19. The van der Waals surface area contributed by atoms with Gasteiger partial charge in [0.2, 0.25) is 0 Å². The molecule has 0 radical (unpaired) electrons. The molecule has 2 atom stereocenters. The zero-order chi connectivity index (χ0) is 12.1. The van der Waals surface area contributed by atoms with Gasteiger partial charge < -0.3 is 5.11 Å². The Bertz CT molecular complexity index is 303. The Hall–Kier alpha value is -0.420. The van der Waals surface area contributed by atoms with Gasteiger partial charge in [0.1, 0.15) is 0 Å². The normalized spacial score (nSPS) is 15.8. The van der Waals surface area contributed by atoms with Crippen molar-refractivity contribution in [3.8, 4) is 0 Å². The molecule has 90 valence electrons. The first kappa shape index (κ1) is 14.6. The first-order valence-electron chi connectivity index (χ1n) is 5.20. The lowest BCUT2D eigenvalue weighted by Crippen LogP contribution is -2.23. The van der Waals surface area contributed by atoms with E-state index in [4.69, 9.17) is 5.11 Å². The Morgan fingerprint density at radius 1 is 1.40 bits per heavy atom. The van der Waals surface area contributed by atoms with E-state index < -0.39 is 15.3 Å². The van der Waals surface area contributed by atoms with Crippen LogP contribution in [-0.4, -0.2) is 36.5 Å². The molecule has 0 bridgehead atoms. The number of aliphatic imine (C=N–C) groups is 1. The van der Waals surface area contributed by atoms with E-state index in [-0.39, 0.29) is 11.8 Å². The molecular formula is C10H21NO3S. The van der Waals surface area contributed by atoms with Crippen molar-refractivity contribution in [2.75, 3.05) is 5.75 Å². The third kappa shape index (κ3) is 5.89. The van der Waals surface area contributed by atoms with Gasteiger partial charge in [-0.15, -0.1) is 0 Å². The molecule has 0 aromatic heterocycles. The highest BCUT2D eigenvalue weighted by atomic mass is 32.2. The monoisotopic (exact) mass is 235 g/mol. The van der Waals surface area contributed by atoms with Gasteiger partial charge >= 0.3 is 0 Å². The van der Waals surface area contributed by atoms with E-state index in [9.17, 15) is 8.42 Å². The second kappa shape index (κ2) is 6.23. The van der Waals surface area contributed by atoms with Crippen molar-refractivity contribution in [1.82, 2.24) is 0 Å². The van der Waals surface area contributed by atoms with Crippen LogP contribution in [0.1, 0.15) is 40.5 Å². The molecule has 0 spiro atoms. The van der Waals surface area contributed by atoms with Gasteiger partial charge in [-0.3, -0.25) is 4.99 Å². The highest BCUT2D eigenvalue weighted by Crippen LogP contribution is 2.09. The zero-order valence-corrected chi connectivity index (χ0v) is 10.7. The molecule has 0 aliphatic heterocycles. The van der Waals surface area contributed by atoms with Crippen LogP contribution in [0.5, 0.6) is 0 Å². The second-order valence-corrected chi connectivity index (χ2v) is 6.31. The molecule has 0 amide bonds. The van der Waals surface area contributed by atoms with E-state index >= 15 is 0 Å². The minimum absolute atomic E-state index is 0.0000463. The van der Waals surface area contributed by atoms with Crippen molar-refractivity contribution < 1.29 is 13.5 Å². The number of rotatable bonds is 6. The molecule has 0 fully saturated rings. The van der Waals surface area contributed by atoms with Crippen LogP contribution in [0.4, 0.5) is 0 Å². The number of aliphatic hydroxyl groups excluding tert-OH is 1. The first-order valence-corrected chi connectivity index (χ1v) is 6.91. The molecule has 0 aromatic rings. The Morgan fingerprint density at radius 3 is 2.27 bits per heavy atom. The average molecular weight is 235 g/mol. The Labute approximate surface area is 92.3 Å². The highest BCUT2D eigenvalue weighted by molar-refractivity contribution is 7.91. The molecule has 0 saturated carbocycles. The Kier molecular flexibility index (Phi) is 6.05. The van der Waals surface area contributed by atoms with Gasteiger partial charge in [0.25, 0.3) is 0 Å². The summed E-state index contributed by atoms with van der Waals surface area (Å²) in [6, 6.07) is 0.0449. The van der Waals surface area contributed by atoms with Crippen LogP contribution in [0.15, 0.2) is 4.99 Å². The average Bonchev–Trinajstić information content (AvgIpc) is 2.11. The fourth-order valence-electron chi connectivity index (χ4n) is 1.20. The fraction of sp³-hybridized carbons (Fsp3) is 0.900. The number of nitrogens with zero attached hydrogens (tertiary/aromatic N) is 1. The second-order valence-electron chi connectivity index (χ2n) is 3.89. The van der Waals surface area contributed by atoms with Gasteiger partial charge in [0.15, 0.2) is 15.3 Å². The molecule has 15 heavy (non-hydrogen) atoms. The SMILES string of the molecule is CCC(CCS(=O)(=O)C(C)O)N=C(C)C. The largest absolute Gasteiger partial charge is 0.377 e. The topological polar surface area (TPSA) is 66.7 Å². The summed E-state index contributed by atoms with van der Waals surface area (Å²) in [5.41, 5.74) is -0.321. The van der Waals surface area contributed by atoms with Crippen molar-refractivity contribution in [2.45, 2.75) is 52.0 Å². The maximum absolute atomic E-state index is 11.3. The van der Waals surface area contributed by atoms with E-state index in [2.05, 4.69) is 4.99 Å². The van der Waals surface area contributed by atoms with Gasteiger partial charge in [-0.05, 0) is 33.6 Å². The molecule has 5 heteroatoms. The van der Waals surface area contributed by atoms with Crippen molar-refractivity contribution in [2.24, 2.45) is 4.99 Å². The predicted octanol–water partition coefficient (Wildman–Crippen LogP) is 1.39. The first-order chi connectivity index (χ1) is 6.79. The Balaban J connectivity index is 4.31. The number of sulfone groups is 1. The van der Waals surface area contributed by atoms with E-state index in [1.807, 2.05) is 20.8 Å². The van der Waals surface area contributed by atoms with E-state index in [1.54, 1.807) is 0 Å². The van der Waals surface area contributed by atoms with Crippen LogP contribution in [0.2, 0.25) is 0 Å². The molecule has 0 aliphatic rings. The molecule has 0 heterocycles. The third-order valence-electron chi connectivity index (χ3n) is 2.17. The molecule has 0 rings (SSSR count).